The number of fused-ring (bicyclic) bond motifs is 1. The van der Waals surface area contributed by atoms with Gasteiger partial charge in [-0.15, -0.1) is 0 Å². The van der Waals surface area contributed by atoms with Crippen molar-refractivity contribution in [2.24, 2.45) is 5.10 Å². The van der Waals surface area contributed by atoms with Crippen molar-refractivity contribution in [1.82, 2.24) is 10.4 Å². The first-order valence-corrected chi connectivity index (χ1v) is 11.8. The normalized spacial score (nSPS) is 11.1. The molecule has 1 N–H and O–H groups in total. The van der Waals surface area contributed by atoms with E-state index in [0.29, 0.717) is 10.8 Å². The number of aromatic nitrogens is 1. The van der Waals surface area contributed by atoms with Gasteiger partial charge in [0.2, 0.25) is 0 Å². The predicted molar refractivity (Wildman–Crippen MR) is 144 cm³/mol. The Kier molecular flexibility index (Phi) is 7.10. The second kappa shape index (κ2) is 10.9. The largest absolute Gasteiger partial charge is 0.484 e. The summed E-state index contributed by atoms with van der Waals surface area (Å²) in [5, 5.41) is 15.9. The third-order valence-electron chi connectivity index (χ3n) is 5.55. The van der Waals surface area contributed by atoms with Crippen LogP contribution in [0.3, 0.4) is 0 Å². The van der Waals surface area contributed by atoms with Crippen molar-refractivity contribution in [2.45, 2.75) is 0 Å². The lowest BCUT2D eigenvalue weighted by molar-refractivity contribution is -0.402. The number of benzene rings is 3. The van der Waals surface area contributed by atoms with E-state index in [1.54, 1.807) is 12.1 Å². The Morgan fingerprint density at radius 2 is 1.82 bits per heavy atom. The van der Waals surface area contributed by atoms with Crippen LogP contribution < -0.4 is 10.2 Å². The molecule has 10 heteroatoms. The van der Waals surface area contributed by atoms with Crippen molar-refractivity contribution >= 4 is 40.5 Å². The summed E-state index contributed by atoms with van der Waals surface area (Å²) in [6, 6.07) is 27.5. The van der Waals surface area contributed by atoms with E-state index in [-0.39, 0.29) is 12.4 Å². The summed E-state index contributed by atoms with van der Waals surface area (Å²) in [4.78, 5) is 26.8. The Balaban J connectivity index is 1.27. The summed E-state index contributed by atoms with van der Waals surface area (Å²) in [6.45, 7) is -0.276. The number of rotatable bonds is 8. The molecule has 0 saturated carbocycles. The number of ether oxygens (including phenoxy) is 1. The molecule has 2 heterocycles. The number of halogens is 1. The molecule has 0 aliphatic heterocycles. The molecule has 1 amide bonds. The topological polar surface area (TPSA) is 120 Å². The van der Waals surface area contributed by atoms with E-state index in [1.807, 2.05) is 66.7 Å². The van der Waals surface area contributed by atoms with Crippen molar-refractivity contribution in [1.29, 1.82) is 0 Å². The molecular formula is C28H19ClN4O5. The average Bonchev–Trinajstić information content (AvgIpc) is 3.41. The molecule has 0 aliphatic rings. The second-order valence-electron chi connectivity index (χ2n) is 8.12. The predicted octanol–water partition coefficient (Wildman–Crippen LogP) is 6.25. The van der Waals surface area contributed by atoms with Crippen LogP contribution in [0.1, 0.15) is 5.76 Å². The van der Waals surface area contributed by atoms with Gasteiger partial charge in [-0.25, -0.2) is 10.4 Å². The van der Waals surface area contributed by atoms with Gasteiger partial charge in [0.05, 0.1) is 23.5 Å². The first-order chi connectivity index (χ1) is 18.5. The number of pyridine rings is 1. The zero-order valence-corrected chi connectivity index (χ0v) is 20.5. The van der Waals surface area contributed by atoms with Crippen LogP contribution >= 0.6 is 11.6 Å². The van der Waals surface area contributed by atoms with Gasteiger partial charge >= 0.3 is 5.88 Å². The highest BCUT2D eigenvalue weighted by Gasteiger charge is 2.12. The Morgan fingerprint density at radius 3 is 2.55 bits per heavy atom. The molecule has 0 atom stereocenters. The molecular weight excluding hydrogens is 508 g/mol. The maximum absolute atomic E-state index is 12.0. The zero-order chi connectivity index (χ0) is 26.5. The SMILES string of the molecule is O=C(COc1ccc(-c2cc(-c3ccccc3)c3cc(Cl)ccc3n2)cc1)N/N=C/c1ccc([N+](=O)[O-])o1. The summed E-state index contributed by atoms with van der Waals surface area (Å²) >= 11 is 6.27. The number of nitrogens with zero attached hydrogens (tertiary/aromatic N) is 3. The Bertz CT molecular complexity index is 1650. The first kappa shape index (κ1) is 24.7. The van der Waals surface area contributed by atoms with E-state index in [2.05, 4.69) is 10.5 Å². The number of amides is 1. The minimum Gasteiger partial charge on any atom is -0.484 e. The minimum atomic E-state index is -0.663. The van der Waals surface area contributed by atoms with E-state index in [4.69, 9.17) is 25.7 Å². The molecule has 5 rings (SSSR count). The molecule has 0 radical (unpaired) electrons. The van der Waals surface area contributed by atoms with Gasteiger partial charge in [-0.2, -0.15) is 5.10 Å². The number of furan rings is 1. The molecule has 188 valence electrons. The molecule has 0 unspecified atom stereocenters. The highest BCUT2D eigenvalue weighted by Crippen LogP contribution is 2.33. The van der Waals surface area contributed by atoms with Gasteiger partial charge in [0, 0.05) is 16.0 Å². The molecule has 38 heavy (non-hydrogen) atoms. The number of carbonyl (C=O) groups is 1. The third kappa shape index (κ3) is 5.69. The van der Waals surface area contributed by atoms with Gasteiger partial charge in [-0.3, -0.25) is 14.9 Å². The van der Waals surface area contributed by atoms with Crippen LogP contribution in [0.25, 0.3) is 33.3 Å². The highest BCUT2D eigenvalue weighted by atomic mass is 35.5. The third-order valence-corrected chi connectivity index (χ3v) is 5.78. The number of nitrogens with one attached hydrogen (secondary N) is 1. The van der Waals surface area contributed by atoms with Crippen molar-refractivity contribution in [3.8, 4) is 28.1 Å². The van der Waals surface area contributed by atoms with Gasteiger partial charge in [0.1, 0.15) is 10.7 Å². The van der Waals surface area contributed by atoms with E-state index in [9.17, 15) is 14.9 Å². The molecule has 0 fully saturated rings. The van der Waals surface area contributed by atoms with Gasteiger partial charge in [0.25, 0.3) is 5.91 Å². The van der Waals surface area contributed by atoms with E-state index in [0.717, 1.165) is 39.5 Å². The van der Waals surface area contributed by atoms with Gasteiger partial charge in [0.15, 0.2) is 12.4 Å². The van der Waals surface area contributed by atoms with Crippen LogP contribution in [0.5, 0.6) is 5.75 Å². The quantitative estimate of drug-likeness (QED) is 0.145. The molecule has 9 nitrogen and oxygen atoms in total. The van der Waals surface area contributed by atoms with Crippen molar-refractivity contribution in [2.75, 3.05) is 6.61 Å². The Morgan fingerprint density at radius 1 is 1.03 bits per heavy atom. The smallest absolute Gasteiger partial charge is 0.433 e. The van der Waals surface area contributed by atoms with Crippen molar-refractivity contribution in [3.63, 3.8) is 0 Å². The average molecular weight is 527 g/mol. The monoisotopic (exact) mass is 526 g/mol. The van der Waals surface area contributed by atoms with Crippen LogP contribution in [-0.2, 0) is 4.79 Å². The summed E-state index contributed by atoms with van der Waals surface area (Å²) in [5.41, 5.74) is 6.85. The number of hydrazone groups is 1. The molecule has 0 spiro atoms. The summed E-state index contributed by atoms with van der Waals surface area (Å²) < 4.78 is 10.5. The number of hydrogen-bond donors (Lipinski definition) is 1. The fourth-order valence-corrected chi connectivity index (χ4v) is 3.96. The van der Waals surface area contributed by atoms with Crippen LogP contribution in [-0.4, -0.2) is 28.6 Å². The molecule has 2 aromatic heterocycles. The minimum absolute atomic E-state index is 0.134. The lowest BCUT2D eigenvalue weighted by atomic mass is 9.98. The molecule has 0 aliphatic carbocycles. The van der Waals surface area contributed by atoms with Crippen molar-refractivity contribution < 1.29 is 18.9 Å². The molecule has 0 saturated heterocycles. The fourth-order valence-electron chi connectivity index (χ4n) is 3.78. The van der Waals surface area contributed by atoms with Crippen LogP contribution in [0.4, 0.5) is 5.88 Å². The van der Waals surface area contributed by atoms with Crippen LogP contribution in [0.15, 0.2) is 101 Å². The van der Waals surface area contributed by atoms with E-state index in [1.165, 1.54) is 12.1 Å². The van der Waals surface area contributed by atoms with Gasteiger partial charge in [-0.05, 0) is 65.7 Å². The number of nitro groups is 1. The van der Waals surface area contributed by atoms with Gasteiger partial charge in [-0.1, -0.05) is 41.9 Å². The standard InChI is InChI=1S/C28H19ClN4O5/c29-20-8-12-25-24(14-20)23(18-4-2-1-3-5-18)15-26(31-25)19-6-9-21(10-7-19)37-17-27(34)32-30-16-22-11-13-28(38-22)33(35)36/h1-16H,17H2,(H,32,34)/b30-16+. The number of hydrogen-bond acceptors (Lipinski definition) is 7. The summed E-state index contributed by atoms with van der Waals surface area (Å²) in [5.74, 6) is -0.294. The van der Waals surface area contributed by atoms with E-state index < -0.39 is 16.7 Å². The first-order valence-electron chi connectivity index (χ1n) is 11.4. The van der Waals surface area contributed by atoms with Crippen molar-refractivity contribution in [3.05, 3.63) is 112 Å². The Labute approximate surface area is 221 Å². The second-order valence-corrected chi connectivity index (χ2v) is 8.56. The molecule has 3 aromatic carbocycles. The Hall–Kier alpha value is -5.02. The molecule has 5 aromatic rings. The summed E-state index contributed by atoms with van der Waals surface area (Å²) in [6.07, 6.45) is 1.16. The fraction of sp³-hybridized carbons (Fsp3) is 0.0357. The van der Waals surface area contributed by atoms with E-state index >= 15 is 0 Å². The maximum atomic E-state index is 12.0. The van der Waals surface area contributed by atoms with Gasteiger partial charge < -0.3 is 9.15 Å². The maximum Gasteiger partial charge on any atom is 0.433 e. The molecule has 0 bridgehead atoms. The summed E-state index contributed by atoms with van der Waals surface area (Å²) in [7, 11) is 0. The van der Waals surface area contributed by atoms with Crippen LogP contribution in [0.2, 0.25) is 5.02 Å². The highest BCUT2D eigenvalue weighted by molar-refractivity contribution is 6.31. The zero-order valence-electron chi connectivity index (χ0n) is 19.7. The lowest BCUT2D eigenvalue weighted by Crippen LogP contribution is -2.24. The lowest BCUT2D eigenvalue weighted by Gasteiger charge is -2.11. The van der Waals surface area contributed by atoms with Crippen LogP contribution in [0, 0.1) is 10.1 Å². The number of carbonyl (C=O) groups excluding carboxylic acids is 1.